The zero-order chi connectivity index (χ0) is 21.9. The molecular formula is C24H31N5O2S. The van der Waals surface area contributed by atoms with Crippen LogP contribution in [0, 0.1) is 5.92 Å². The Balaban J connectivity index is 1.18. The van der Waals surface area contributed by atoms with Crippen LogP contribution in [0.15, 0.2) is 35.2 Å². The number of thiophene rings is 1. The maximum Gasteiger partial charge on any atom is 0.298 e. The number of fused-ring (bicyclic) bond motifs is 1. The van der Waals surface area contributed by atoms with Crippen LogP contribution in [0.25, 0.3) is 11.2 Å². The van der Waals surface area contributed by atoms with E-state index in [1.165, 1.54) is 5.56 Å². The first-order valence-electron chi connectivity index (χ1n) is 11.7. The molecule has 2 aliphatic heterocycles. The summed E-state index contributed by atoms with van der Waals surface area (Å²) in [5, 5.41) is 4.35. The summed E-state index contributed by atoms with van der Waals surface area (Å²) in [4.78, 5) is 27.0. The van der Waals surface area contributed by atoms with E-state index in [1.54, 1.807) is 17.5 Å². The third-order valence-corrected chi connectivity index (χ3v) is 7.49. The highest BCUT2D eigenvalue weighted by atomic mass is 32.1. The van der Waals surface area contributed by atoms with E-state index in [0.29, 0.717) is 18.5 Å². The second-order valence-electron chi connectivity index (χ2n) is 8.78. The first kappa shape index (κ1) is 21.4. The van der Waals surface area contributed by atoms with Crippen molar-refractivity contribution in [2.24, 2.45) is 5.92 Å². The molecule has 0 aliphatic carbocycles. The molecule has 0 unspecified atom stereocenters. The predicted octanol–water partition coefficient (Wildman–Crippen LogP) is 3.97. The Morgan fingerprint density at radius 3 is 2.69 bits per heavy atom. The molecule has 2 saturated heterocycles. The Morgan fingerprint density at radius 2 is 1.97 bits per heavy atom. The van der Waals surface area contributed by atoms with Gasteiger partial charge in [-0.25, -0.2) is 4.98 Å². The quantitative estimate of drug-likeness (QED) is 0.565. The van der Waals surface area contributed by atoms with Crippen LogP contribution in [0.2, 0.25) is 0 Å². The maximum atomic E-state index is 13.2. The number of aromatic nitrogens is 3. The predicted molar refractivity (Wildman–Crippen MR) is 126 cm³/mol. The van der Waals surface area contributed by atoms with E-state index in [2.05, 4.69) is 41.2 Å². The number of ether oxygens (including phenoxy) is 1. The summed E-state index contributed by atoms with van der Waals surface area (Å²) < 4.78 is 7.96. The van der Waals surface area contributed by atoms with Crippen molar-refractivity contribution in [2.45, 2.75) is 45.2 Å². The van der Waals surface area contributed by atoms with Gasteiger partial charge >= 0.3 is 0 Å². The number of carbonyl (C=O) groups is 1. The molecule has 2 fully saturated rings. The normalized spacial score (nSPS) is 19.0. The molecule has 32 heavy (non-hydrogen) atoms. The Hall–Kier alpha value is -2.45. The van der Waals surface area contributed by atoms with Crippen molar-refractivity contribution >= 4 is 28.4 Å². The second-order valence-corrected chi connectivity index (χ2v) is 9.56. The summed E-state index contributed by atoms with van der Waals surface area (Å²) in [5.74, 6) is 0.511. The van der Waals surface area contributed by atoms with Crippen molar-refractivity contribution in [3.63, 3.8) is 0 Å². The van der Waals surface area contributed by atoms with E-state index in [4.69, 9.17) is 4.74 Å². The number of hydrogen-bond donors (Lipinski definition) is 0. The molecule has 0 atom stereocenters. The van der Waals surface area contributed by atoms with Gasteiger partial charge in [-0.2, -0.15) is 16.3 Å². The Kier molecular flexibility index (Phi) is 6.41. The van der Waals surface area contributed by atoms with Crippen molar-refractivity contribution in [2.75, 3.05) is 32.8 Å². The zero-order valence-electron chi connectivity index (χ0n) is 18.7. The Labute approximate surface area is 193 Å². The lowest BCUT2D eigenvalue weighted by atomic mass is 9.93. The molecule has 3 aromatic rings. The topological polar surface area (TPSA) is 63.5 Å². The number of hydrogen-bond acceptors (Lipinski definition) is 6. The van der Waals surface area contributed by atoms with Gasteiger partial charge < -0.3 is 9.64 Å². The van der Waals surface area contributed by atoms with E-state index in [9.17, 15) is 4.79 Å². The monoisotopic (exact) mass is 453 g/mol. The first-order valence-corrected chi connectivity index (χ1v) is 12.6. The minimum Gasteiger partial charge on any atom is -0.465 e. The number of pyridine rings is 1. The molecular weight excluding hydrogens is 422 g/mol. The largest absolute Gasteiger partial charge is 0.465 e. The summed E-state index contributed by atoms with van der Waals surface area (Å²) >= 11 is 1.75. The molecule has 5 rings (SSSR count). The molecule has 0 aromatic carbocycles. The highest BCUT2D eigenvalue weighted by molar-refractivity contribution is 7.07. The smallest absolute Gasteiger partial charge is 0.298 e. The number of piperidine rings is 2. The number of carbonyl (C=O) groups excluding carboxylic acids is 1. The standard InChI is InChI=1S/C24H31N5O2S/c1-2-31-24-26-21-4-3-10-25-22(21)29(24)20-7-13-28(14-8-20)23(30)19-5-11-27(12-6-19)16-18-9-15-32-17-18/h3-4,9-10,15,17,19-20H,2,5-8,11-14,16H2,1H3. The minimum atomic E-state index is 0.167. The molecule has 1 amide bonds. The van der Waals surface area contributed by atoms with Crippen LogP contribution in [0.1, 0.15) is 44.2 Å². The van der Waals surface area contributed by atoms with Gasteiger partial charge in [0, 0.05) is 37.8 Å². The molecule has 8 heteroatoms. The van der Waals surface area contributed by atoms with Crippen LogP contribution in [0.5, 0.6) is 6.01 Å². The lowest BCUT2D eigenvalue weighted by Gasteiger charge is -2.37. The van der Waals surface area contributed by atoms with E-state index < -0.39 is 0 Å². The molecule has 0 bridgehead atoms. The fraction of sp³-hybridized carbons (Fsp3) is 0.542. The molecule has 3 aromatic heterocycles. The molecule has 0 radical (unpaired) electrons. The van der Waals surface area contributed by atoms with E-state index in [0.717, 1.165) is 69.6 Å². The van der Waals surface area contributed by atoms with Crippen LogP contribution >= 0.6 is 11.3 Å². The summed E-state index contributed by atoms with van der Waals surface area (Å²) in [6, 6.07) is 6.98. The van der Waals surface area contributed by atoms with Gasteiger partial charge in [0.15, 0.2) is 5.65 Å². The van der Waals surface area contributed by atoms with Gasteiger partial charge in [-0.3, -0.25) is 14.3 Å². The van der Waals surface area contributed by atoms with Gasteiger partial charge in [-0.15, -0.1) is 0 Å². The number of imidazole rings is 1. The van der Waals surface area contributed by atoms with Gasteiger partial charge in [-0.1, -0.05) is 0 Å². The van der Waals surface area contributed by atoms with Crippen molar-refractivity contribution in [3.05, 3.63) is 40.7 Å². The lowest BCUT2D eigenvalue weighted by molar-refractivity contribution is -0.138. The minimum absolute atomic E-state index is 0.167. The van der Waals surface area contributed by atoms with Gasteiger partial charge in [0.05, 0.1) is 6.61 Å². The fourth-order valence-electron chi connectivity index (χ4n) is 5.05. The van der Waals surface area contributed by atoms with Crippen molar-refractivity contribution in [3.8, 4) is 6.01 Å². The Morgan fingerprint density at radius 1 is 1.16 bits per heavy atom. The van der Waals surface area contributed by atoms with Gasteiger partial charge in [-0.05, 0) is 80.2 Å². The molecule has 0 saturated carbocycles. The van der Waals surface area contributed by atoms with Gasteiger partial charge in [0.25, 0.3) is 6.01 Å². The summed E-state index contributed by atoms with van der Waals surface area (Å²) in [6.07, 6.45) is 5.55. The molecule has 170 valence electrons. The summed E-state index contributed by atoms with van der Waals surface area (Å²) in [6.45, 7) is 7.15. The van der Waals surface area contributed by atoms with E-state index >= 15 is 0 Å². The molecule has 7 nitrogen and oxygen atoms in total. The second kappa shape index (κ2) is 9.58. The fourth-order valence-corrected chi connectivity index (χ4v) is 5.71. The lowest BCUT2D eigenvalue weighted by Crippen LogP contribution is -2.45. The summed E-state index contributed by atoms with van der Waals surface area (Å²) in [7, 11) is 0. The zero-order valence-corrected chi connectivity index (χ0v) is 19.5. The van der Waals surface area contributed by atoms with Crippen LogP contribution < -0.4 is 4.74 Å². The van der Waals surface area contributed by atoms with Crippen LogP contribution in [-0.4, -0.2) is 63.0 Å². The molecule has 0 N–H and O–H groups in total. The SMILES string of the molecule is CCOc1nc2cccnc2n1C1CCN(C(=O)C2CCN(Cc3ccsc3)CC2)CC1. The average Bonchev–Trinajstić information content (AvgIpc) is 3.47. The molecule has 0 spiro atoms. The van der Waals surface area contributed by atoms with Gasteiger partial charge in [0.2, 0.25) is 5.91 Å². The third-order valence-electron chi connectivity index (χ3n) is 6.75. The molecule has 2 aliphatic rings. The number of nitrogens with zero attached hydrogens (tertiary/aromatic N) is 5. The number of likely N-dealkylation sites (tertiary alicyclic amines) is 2. The average molecular weight is 454 g/mol. The van der Waals surface area contributed by atoms with Crippen LogP contribution in [-0.2, 0) is 11.3 Å². The number of amides is 1. The number of rotatable bonds is 6. The van der Waals surface area contributed by atoms with Crippen molar-refractivity contribution in [1.29, 1.82) is 0 Å². The van der Waals surface area contributed by atoms with E-state index in [1.807, 2.05) is 19.1 Å². The highest BCUT2D eigenvalue weighted by Crippen LogP contribution is 2.32. The van der Waals surface area contributed by atoms with E-state index in [-0.39, 0.29) is 12.0 Å². The van der Waals surface area contributed by atoms with Crippen molar-refractivity contribution < 1.29 is 9.53 Å². The maximum absolute atomic E-state index is 13.2. The van der Waals surface area contributed by atoms with Gasteiger partial charge in [0.1, 0.15) is 5.52 Å². The molecule has 5 heterocycles. The third kappa shape index (κ3) is 4.38. The highest BCUT2D eigenvalue weighted by Gasteiger charge is 2.32. The first-order chi connectivity index (χ1) is 15.7. The Bertz CT molecular complexity index is 1030. The van der Waals surface area contributed by atoms with Crippen molar-refractivity contribution in [1.82, 2.24) is 24.3 Å². The van der Waals surface area contributed by atoms with Crippen LogP contribution in [0.4, 0.5) is 0 Å². The van der Waals surface area contributed by atoms with Crippen LogP contribution in [0.3, 0.4) is 0 Å². The summed E-state index contributed by atoms with van der Waals surface area (Å²) in [5.41, 5.74) is 3.12.